The van der Waals surface area contributed by atoms with Crippen molar-refractivity contribution in [1.29, 1.82) is 0 Å². The van der Waals surface area contributed by atoms with Crippen molar-refractivity contribution in [1.82, 2.24) is 0 Å². The minimum Gasteiger partial charge on any atom is -0.545 e. The van der Waals surface area contributed by atoms with E-state index >= 15 is 0 Å². The predicted octanol–water partition coefficient (Wildman–Crippen LogP) is 3.54. The van der Waals surface area contributed by atoms with E-state index in [0.717, 1.165) is 14.2 Å². The molecule has 4 aromatic carbocycles. The van der Waals surface area contributed by atoms with Crippen LogP contribution in [0.15, 0.2) is 72.8 Å². The second kappa shape index (κ2) is 19.0. The van der Waals surface area contributed by atoms with Crippen molar-refractivity contribution in [3.05, 3.63) is 131 Å². The van der Waals surface area contributed by atoms with Crippen LogP contribution in [0, 0.1) is 47.0 Å². The first kappa shape index (κ1) is 36.8. The quantitative estimate of drug-likeness (QED) is 0.186. The Labute approximate surface area is 247 Å². The predicted molar refractivity (Wildman–Crippen MR) is 131 cm³/mol. The van der Waals surface area contributed by atoms with Crippen LogP contribution < -0.4 is 19.7 Å². The number of hydrogen-bond acceptors (Lipinski definition) is 6. The van der Waals surface area contributed by atoms with Crippen molar-refractivity contribution >= 4 is 35.8 Å². The van der Waals surface area contributed by atoms with Gasteiger partial charge < -0.3 is 29.3 Å². The summed E-state index contributed by atoms with van der Waals surface area (Å²) in [6, 6.07) is 25.4. The van der Waals surface area contributed by atoms with Gasteiger partial charge in [-0.2, -0.15) is 8.78 Å². The summed E-state index contributed by atoms with van der Waals surface area (Å²) in [5, 5.41) is 20.5. The Kier molecular flexibility index (Phi) is 17.0. The molecule has 0 atom stereocenters. The van der Waals surface area contributed by atoms with Gasteiger partial charge in [0.2, 0.25) is 11.6 Å². The molecule has 13 heteroatoms. The molecule has 4 rings (SSSR count). The van der Waals surface area contributed by atoms with Gasteiger partial charge in [-0.3, -0.25) is 0 Å². The Bertz CT molecular complexity index is 1230. The monoisotopic (exact) mass is 684 g/mol. The van der Waals surface area contributed by atoms with Gasteiger partial charge in [-0.15, -0.1) is 0 Å². The fourth-order valence-electron chi connectivity index (χ4n) is 2.50. The van der Waals surface area contributed by atoms with Crippen LogP contribution in [0.1, 0.15) is 20.7 Å². The topological polar surface area (TPSA) is 98.7 Å². The van der Waals surface area contributed by atoms with Gasteiger partial charge in [-0.25, -0.2) is 17.6 Å². The van der Waals surface area contributed by atoms with Crippen molar-refractivity contribution in [2.24, 2.45) is 0 Å². The molecular formula is C28H18F6O6Sn. The number of carboxylic acids is 2. The number of carbonyl (C=O) groups is 2. The fraction of sp³-hybridized carbons (Fsp3) is 0.0714. The Hall–Kier alpha value is -4.20. The summed E-state index contributed by atoms with van der Waals surface area (Å²) in [5.41, 5.74) is -2.17. The molecule has 0 spiro atoms. The number of carbonyl (C=O) groups excluding carboxylic acids is 2. The molecule has 0 aromatic heterocycles. The van der Waals surface area contributed by atoms with Crippen LogP contribution in [-0.2, 0) is 0 Å². The van der Waals surface area contributed by atoms with Crippen molar-refractivity contribution in [3.8, 4) is 11.5 Å². The van der Waals surface area contributed by atoms with Gasteiger partial charge in [-0.05, 0) is 24.3 Å². The molecule has 212 valence electrons. The summed E-state index contributed by atoms with van der Waals surface area (Å²) in [5.74, 6) is -15.2. The van der Waals surface area contributed by atoms with Gasteiger partial charge in [0.05, 0.1) is 26.2 Å². The summed E-state index contributed by atoms with van der Waals surface area (Å²) in [6.07, 6.45) is 0. The van der Waals surface area contributed by atoms with E-state index in [1.807, 2.05) is 60.7 Å². The van der Waals surface area contributed by atoms with Crippen LogP contribution in [0.4, 0.5) is 26.3 Å². The summed E-state index contributed by atoms with van der Waals surface area (Å²) < 4.78 is 85.2. The average Bonchev–Trinajstić information content (AvgIpc) is 2.96. The maximum atomic E-state index is 13.0. The molecule has 0 unspecified atom stereocenters. The van der Waals surface area contributed by atoms with Gasteiger partial charge in [-0.1, -0.05) is 60.7 Å². The molecule has 41 heavy (non-hydrogen) atoms. The van der Waals surface area contributed by atoms with Gasteiger partial charge in [0.1, 0.15) is 0 Å². The first-order chi connectivity index (χ1) is 19.0. The molecule has 0 aliphatic heterocycles. The van der Waals surface area contributed by atoms with Crippen molar-refractivity contribution < 1.29 is 55.6 Å². The third kappa shape index (κ3) is 11.4. The minimum atomic E-state index is -1.94. The molecule has 0 heterocycles. The van der Waals surface area contributed by atoms with Crippen LogP contribution in [0.5, 0.6) is 11.5 Å². The number of rotatable bonds is 4. The molecule has 0 bridgehead atoms. The van der Waals surface area contributed by atoms with E-state index in [9.17, 15) is 46.1 Å². The van der Waals surface area contributed by atoms with E-state index in [0.29, 0.717) is 0 Å². The number of halogens is 6. The Morgan fingerprint density at radius 1 is 0.585 bits per heavy atom. The van der Waals surface area contributed by atoms with Gasteiger partial charge in [0, 0.05) is 11.1 Å². The average molecular weight is 683 g/mol. The second-order valence-electron chi connectivity index (χ2n) is 6.86. The summed E-state index contributed by atoms with van der Waals surface area (Å²) >= 11 is 0. The molecule has 0 saturated carbocycles. The first-order valence-electron chi connectivity index (χ1n) is 10.7. The maximum Gasteiger partial charge on any atom is 2.00 e. The Balaban J connectivity index is 0.000000552. The number of ether oxygens (including phenoxy) is 2. The normalized spacial score (nSPS) is 9.17. The van der Waals surface area contributed by atoms with Gasteiger partial charge in [0.25, 0.3) is 0 Å². The molecule has 0 amide bonds. The first-order valence-corrected chi connectivity index (χ1v) is 10.7. The van der Waals surface area contributed by atoms with Crippen molar-refractivity contribution in [3.63, 3.8) is 0 Å². The molecule has 0 aliphatic rings. The summed E-state index contributed by atoms with van der Waals surface area (Å²) in [4.78, 5) is 20.5. The fourth-order valence-corrected chi connectivity index (χ4v) is 2.50. The van der Waals surface area contributed by atoms with Gasteiger partial charge >= 0.3 is 23.9 Å². The second-order valence-corrected chi connectivity index (χ2v) is 6.86. The number of benzene rings is 4. The molecule has 4 radical (unpaired) electrons. The van der Waals surface area contributed by atoms with Crippen LogP contribution in [-0.4, -0.2) is 50.1 Å². The summed E-state index contributed by atoms with van der Waals surface area (Å²) in [6.45, 7) is 0. The summed E-state index contributed by atoms with van der Waals surface area (Å²) in [7, 11) is 1.78. The molecule has 6 nitrogen and oxygen atoms in total. The van der Waals surface area contributed by atoms with Gasteiger partial charge in [0.15, 0.2) is 34.8 Å². The number of hydrogen-bond donors (Lipinski definition) is 0. The Morgan fingerprint density at radius 3 is 1.05 bits per heavy atom. The molecule has 0 saturated heterocycles. The third-order valence-corrected chi connectivity index (χ3v) is 4.29. The molecular weight excluding hydrogens is 665 g/mol. The standard InChI is InChI=1S/2C8H5F3O3.2C6H5.Sn/c2*1-14-7-5(10)3(8(12)13)2-4(9)6(7)11;2*1-2-4-6-5-3-1;/h2*2H,1H3,(H,12,13);2*1-5H;/q;;;;+2/p-2. The molecule has 0 aliphatic carbocycles. The van der Waals surface area contributed by atoms with E-state index in [1.54, 1.807) is 0 Å². The zero-order chi connectivity index (χ0) is 30.2. The van der Waals surface area contributed by atoms with Crippen LogP contribution in [0.3, 0.4) is 0 Å². The van der Waals surface area contributed by atoms with Crippen molar-refractivity contribution in [2.75, 3.05) is 14.2 Å². The van der Waals surface area contributed by atoms with E-state index in [2.05, 4.69) is 21.6 Å². The largest absolute Gasteiger partial charge is 2.00 e. The smallest absolute Gasteiger partial charge is 0.545 e. The van der Waals surface area contributed by atoms with Crippen LogP contribution in [0.25, 0.3) is 0 Å². The van der Waals surface area contributed by atoms with E-state index < -0.39 is 69.5 Å². The van der Waals surface area contributed by atoms with E-state index in [1.165, 1.54) is 0 Å². The number of carboxylic acid groups (broad SMARTS) is 2. The third-order valence-electron chi connectivity index (χ3n) is 4.29. The zero-order valence-electron chi connectivity index (χ0n) is 21.1. The SMILES string of the molecule is COc1c(F)c(F)cc(C(=O)[O-])c1F.COc1c(F)c(F)cc(C(=O)[O-])c1F.[Sn+2].[c]1ccccc1.[c]1ccccc1. The molecule has 4 aromatic rings. The van der Waals surface area contributed by atoms with Crippen LogP contribution >= 0.6 is 0 Å². The van der Waals surface area contributed by atoms with E-state index in [4.69, 9.17) is 0 Å². The Morgan fingerprint density at radius 2 is 0.878 bits per heavy atom. The number of aromatic carboxylic acids is 2. The molecule has 0 N–H and O–H groups in total. The molecule has 0 fully saturated rings. The minimum absolute atomic E-state index is 0. The van der Waals surface area contributed by atoms with Crippen molar-refractivity contribution in [2.45, 2.75) is 0 Å². The number of methoxy groups -OCH3 is 2. The van der Waals surface area contributed by atoms with Crippen LogP contribution in [0.2, 0.25) is 0 Å². The maximum absolute atomic E-state index is 13.0. The zero-order valence-corrected chi connectivity index (χ0v) is 24.0. The van der Waals surface area contributed by atoms with E-state index in [-0.39, 0.29) is 36.0 Å².